The number of carbonyl (C=O) groups excluding carboxylic acids is 2. The lowest BCUT2D eigenvalue weighted by Gasteiger charge is -2.59. The molecule has 0 unspecified atom stereocenters. The number of hydrogen-bond donors (Lipinski definition) is 3. The number of halogens is 1. The molecule has 1 saturated heterocycles. The molecule has 2 aromatic carbocycles. The summed E-state index contributed by atoms with van der Waals surface area (Å²) in [6.07, 6.45) is 5.24. The van der Waals surface area contributed by atoms with Crippen LogP contribution in [0.15, 0.2) is 60.2 Å². The van der Waals surface area contributed by atoms with E-state index in [1.165, 1.54) is 0 Å². The number of hydrogen-bond acceptors (Lipinski definition) is 8. The number of Topliss-reactive ketones (excluding diaryl/α,β-unsaturated/α-hetero) is 1. The number of ether oxygens (including phenoxy) is 3. The molecular weight excluding hydrogens is 589 g/mol. The summed E-state index contributed by atoms with van der Waals surface area (Å²) in [6, 6.07) is 10.8. The van der Waals surface area contributed by atoms with Crippen LogP contribution in [0.5, 0.6) is 5.75 Å². The summed E-state index contributed by atoms with van der Waals surface area (Å²) in [5, 5.41) is 22.1. The molecular formula is C37H42FNO7. The number of allylic oxidation sites excluding steroid dienone is 4. The monoisotopic (exact) mass is 631 g/mol. The molecule has 1 heterocycles. The largest absolute Gasteiger partial charge is 0.490 e. The van der Waals surface area contributed by atoms with Crippen molar-refractivity contribution >= 4 is 17.3 Å². The molecule has 9 heteroatoms. The van der Waals surface area contributed by atoms with Crippen LogP contribution in [0, 0.1) is 41.3 Å². The van der Waals surface area contributed by atoms with Crippen LogP contribution in [0.1, 0.15) is 62.5 Å². The third kappa shape index (κ3) is 4.46. The van der Waals surface area contributed by atoms with E-state index in [1.807, 2.05) is 31.2 Å². The molecule has 4 aliphatic carbocycles. The molecule has 244 valence electrons. The van der Waals surface area contributed by atoms with Gasteiger partial charge in [-0.05, 0) is 85.9 Å². The Morgan fingerprint density at radius 3 is 2.78 bits per heavy atom. The number of aliphatic hydroxyl groups excluding tert-OH is 2. The Morgan fingerprint density at radius 1 is 1.22 bits per heavy atom. The molecule has 1 aliphatic heterocycles. The topological polar surface area (TPSA) is 128 Å². The van der Waals surface area contributed by atoms with E-state index in [2.05, 4.69) is 6.92 Å². The summed E-state index contributed by atoms with van der Waals surface area (Å²) >= 11 is 0. The van der Waals surface area contributed by atoms with E-state index in [0.717, 1.165) is 24.0 Å². The van der Waals surface area contributed by atoms with Gasteiger partial charge in [-0.3, -0.25) is 9.59 Å². The van der Waals surface area contributed by atoms with Crippen molar-refractivity contribution in [2.75, 3.05) is 18.9 Å². The fourth-order valence-electron chi connectivity index (χ4n) is 9.91. The molecule has 0 aromatic heterocycles. The van der Waals surface area contributed by atoms with Crippen LogP contribution in [-0.4, -0.2) is 52.8 Å². The Morgan fingerprint density at radius 2 is 2.02 bits per heavy atom. The van der Waals surface area contributed by atoms with Crippen molar-refractivity contribution in [2.24, 2.45) is 28.6 Å². The number of benzene rings is 2. The zero-order valence-electron chi connectivity index (χ0n) is 26.5. The summed E-state index contributed by atoms with van der Waals surface area (Å²) in [5.41, 5.74) is 6.36. The second kappa shape index (κ2) is 11.1. The van der Waals surface area contributed by atoms with Gasteiger partial charge in [0.15, 0.2) is 35.0 Å². The van der Waals surface area contributed by atoms with Gasteiger partial charge in [-0.15, -0.1) is 0 Å². The quantitative estimate of drug-likeness (QED) is 0.367. The van der Waals surface area contributed by atoms with Crippen LogP contribution < -0.4 is 10.5 Å². The maximum atomic E-state index is 16.2. The Bertz CT molecular complexity index is 1650. The number of anilines is 1. The third-order valence-corrected chi connectivity index (χ3v) is 12.0. The molecule has 8 nitrogen and oxygen atoms in total. The Kier molecular flexibility index (Phi) is 7.55. The highest BCUT2D eigenvalue weighted by Gasteiger charge is 2.76. The van der Waals surface area contributed by atoms with Crippen LogP contribution in [0.25, 0.3) is 0 Å². The van der Waals surface area contributed by atoms with Crippen molar-refractivity contribution in [1.82, 2.24) is 0 Å². The van der Waals surface area contributed by atoms with E-state index < -0.39 is 53.1 Å². The number of nitrogens with two attached hydrogens (primary N) is 1. The minimum absolute atomic E-state index is 0.0311. The van der Waals surface area contributed by atoms with Crippen LogP contribution in [0.4, 0.5) is 10.1 Å². The lowest BCUT2D eigenvalue weighted by molar-refractivity contribution is -0.201. The summed E-state index contributed by atoms with van der Waals surface area (Å²) in [7, 11) is 0. The predicted octanol–water partition coefficient (Wildman–Crippen LogP) is 4.94. The van der Waals surface area contributed by atoms with Crippen molar-refractivity contribution in [3.8, 4) is 5.75 Å². The molecule has 4 N–H and O–H groups in total. The first-order valence-electron chi connectivity index (χ1n) is 16.3. The molecule has 2 aromatic rings. The number of ketones is 2. The zero-order chi connectivity index (χ0) is 32.6. The van der Waals surface area contributed by atoms with E-state index in [9.17, 15) is 19.8 Å². The number of aryl methyl sites for hydroxylation is 1. The molecule has 7 rings (SSSR count). The molecule has 3 saturated carbocycles. The van der Waals surface area contributed by atoms with Crippen molar-refractivity contribution in [2.45, 2.75) is 77.0 Å². The van der Waals surface area contributed by atoms with Gasteiger partial charge in [-0.25, -0.2) is 4.39 Å². The normalized spacial score (nSPS) is 37.6. The van der Waals surface area contributed by atoms with E-state index in [1.54, 1.807) is 37.3 Å². The van der Waals surface area contributed by atoms with Gasteiger partial charge >= 0.3 is 0 Å². The molecule has 9 atom stereocenters. The van der Waals surface area contributed by atoms with Gasteiger partial charge < -0.3 is 30.2 Å². The van der Waals surface area contributed by atoms with Crippen molar-refractivity contribution in [1.29, 1.82) is 0 Å². The number of nitrogen functional groups attached to an aromatic ring is 1. The second-order valence-corrected chi connectivity index (χ2v) is 14.3. The van der Waals surface area contributed by atoms with E-state index in [0.29, 0.717) is 24.1 Å². The fraction of sp³-hybridized carbons (Fsp3) is 0.514. The minimum Gasteiger partial charge on any atom is -0.490 e. The first-order valence-corrected chi connectivity index (χ1v) is 16.3. The number of rotatable bonds is 7. The van der Waals surface area contributed by atoms with Gasteiger partial charge in [0.2, 0.25) is 0 Å². The van der Waals surface area contributed by atoms with Crippen molar-refractivity contribution < 1.29 is 38.4 Å². The average Bonchev–Trinajstić information content (AvgIpc) is 3.50. The highest BCUT2D eigenvalue weighted by atomic mass is 19.1. The molecule has 5 aliphatic rings. The van der Waals surface area contributed by atoms with Gasteiger partial charge in [-0.1, -0.05) is 43.7 Å². The van der Waals surface area contributed by atoms with Crippen LogP contribution in [0.3, 0.4) is 0 Å². The van der Waals surface area contributed by atoms with E-state index in [-0.39, 0.29) is 47.9 Å². The summed E-state index contributed by atoms with van der Waals surface area (Å²) in [4.78, 5) is 26.1. The molecule has 0 radical (unpaired) electrons. The van der Waals surface area contributed by atoms with Gasteiger partial charge in [-0.2, -0.15) is 0 Å². The highest BCUT2D eigenvalue weighted by molar-refractivity contribution is 6.01. The first kappa shape index (κ1) is 31.2. The number of fused-ring (bicyclic) bond motifs is 7. The fourth-order valence-corrected chi connectivity index (χ4v) is 9.91. The van der Waals surface area contributed by atoms with Gasteiger partial charge in [0.25, 0.3) is 0 Å². The van der Waals surface area contributed by atoms with Gasteiger partial charge in [0.05, 0.1) is 24.4 Å². The van der Waals surface area contributed by atoms with Crippen LogP contribution >= 0.6 is 0 Å². The maximum absolute atomic E-state index is 16.2. The number of carbonyl (C=O) groups is 2. The lowest BCUT2D eigenvalue weighted by Crippen LogP contribution is -2.63. The summed E-state index contributed by atoms with van der Waals surface area (Å²) < 4.78 is 35.2. The molecule has 4 fully saturated rings. The van der Waals surface area contributed by atoms with E-state index in [4.69, 9.17) is 19.9 Å². The Hall–Kier alpha value is -3.37. The first-order chi connectivity index (χ1) is 21.9. The SMILES string of the molecule is Cc1ccc(OCCc2cccc(N)c2)c(F)c1[C@H]1O[C@@H]2C[C@H]3[C@@H]4CCC5=CC(=O)C=C[C@]5(C)[C@H]4[C@@H](O)C[C@]3(C)[C@]2(C(=O)CO)O1. The van der Waals surface area contributed by atoms with Gasteiger partial charge in [0.1, 0.15) is 6.61 Å². The Balaban J connectivity index is 1.18. The molecule has 0 amide bonds. The molecule has 0 bridgehead atoms. The summed E-state index contributed by atoms with van der Waals surface area (Å²) in [6.45, 7) is 5.27. The average molecular weight is 632 g/mol. The van der Waals surface area contributed by atoms with Crippen molar-refractivity contribution in [3.05, 3.63) is 82.7 Å². The molecule has 0 spiro atoms. The van der Waals surface area contributed by atoms with E-state index >= 15 is 4.39 Å². The minimum atomic E-state index is -1.57. The number of aliphatic hydroxyl groups is 2. The third-order valence-electron chi connectivity index (χ3n) is 12.0. The molecule has 46 heavy (non-hydrogen) atoms. The van der Waals surface area contributed by atoms with Crippen molar-refractivity contribution in [3.63, 3.8) is 0 Å². The predicted molar refractivity (Wildman–Crippen MR) is 168 cm³/mol. The van der Waals surface area contributed by atoms with Gasteiger partial charge in [0, 0.05) is 28.9 Å². The standard InChI is InChI=1S/C37H42FNO7/c1-20-7-10-28(44-14-12-21-5-4-6-23(39)15-21)33(38)31(20)34-45-30-17-26-25-9-8-22-16-24(41)11-13-35(22,2)32(25)27(42)18-36(26,3)37(30,46-34)29(43)19-40/h4-7,10-11,13,15-16,25-27,30,32,34,40,42H,8-9,12,14,17-19,39H2,1-3H3/t25-,26-,27-,30+,32+,34-,35-,36-,37+/m0/s1. The smallest absolute Gasteiger partial charge is 0.193 e. The van der Waals surface area contributed by atoms with Crippen LogP contribution in [-0.2, 0) is 25.5 Å². The summed E-state index contributed by atoms with van der Waals surface area (Å²) in [5.74, 6) is -1.29. The highest BCUT2D eigenvalue weighted by Crippen LogP contribution is 2.70. The zero-order valence-corrected chi connectivity index (χ0v) is 26.5. The lowest BCUT2D eigenvalue weighted by atomic mass is 9.46. The maximum Gasteiger partial charge on any atom is 0.193 e. The second-order valence-electron chi connectivity index (χ2n) is 14.3. The van der Waals surface area contributed by atoms with Crippen LogP contribution in [0.2, 0.25) is 0 Å². The Labute approximate surface area is 268 Å².